The number of hydrogen-bond donors (Lipinski definition) is 0. The zero-order chi connectivity index (χ0) is 10.3. The maximum atomic E-state index is 5.24. The van der Waals surface area contributed by atoms with E-state index in [-0.39, 0.29) is 0 Å². The number of morpholine rings is 1. The van der Waals surface area contributed by atoms with Crippen molar-refractivity contribution < 1.29 is 4.74 Å². The van der Waals surface area contributed by atoms with E-state index in [1.165, 1.54) is 0 Å². The lowest BCUT2D eigenvalue weighted by atomic mass is 10.3. The Morgan fingerprint density at radius 3 is 2.54 bits per heavy atom. The van der Waals surface area contributed by atoms with Gasteiger partial charge in [-0.2, -0.15) is 0 Å². The Labute approximate surface area is 81.1 Å². The fraction of sp³-hybridized carbons (Fsp3) is 0.700. The summed E-state index contributed by atoms with van der Waals surface area (Å²) in [7, 11) is 1.78. The molecule has 0 aromatic heterocycles. The van der Waals surface area contributed by atoms with Gasteiger partial charge in [0.15, 0.2) is 0 Å². The van der Waals surface area contributed by atoms with Gasteiger partial charge in [0.25, 0.3) is 0 Å². The summed E-state index contributed by atoms with van der Waals surface area (Å²) >= 11 is 0. The van der Waals surface area contributed by atoms with Crippen LogP contribution in [0, 0.1) is 0 Å². The molecule has 0 aliphatic carbocycles. The number of rotatable bonds is 1. The third-order valence-corrected chi connectivity index (χ3v) is 1.72. The first kappa shape index (κ1) is 12.2. The first-order chi connectivity index (χ1) is 6.25. The zero-order valence-corrected chi connectivity index (χ0v) is 9.13. The van der Waals surface area contributed by atoms with Crippen molar-refractivity contribution in [3.05, 3.63) is 12.3 Å². The van der Waals surface area contributed by atoms with Crippen LogP contribution < -0.4 is 0 Å². The van der Waals surface area contributed by atoms with Crippen LogP contribution in [0.4, 0.5) is 0 Å². The molecular weight excluding hydrogens is 164 g/mol. The van der Waals surface area contributed by atoms with Gasteiger partial charge in [0, 0.05) is 19.3 Å². The predicted octanol–water partition coefficient (Wildman–Crippen LogP) is 1.91. The molecule has 0 amide bonds. The Balaban J connectivity index is 0.000000671. The third-order valence-electron chi connectivity index (χ3n) is 1.72. The van der Waals surface area contributed by atoms with E-state index >= 15 is 0 Å². The van der Waals surface area contributed by atoms with Crippen LogP contribution in [0.1, 0.15) is 20.8 Å². The van der Waals surface area contributed by atoms with Gasteiger partial charge in [-0.05, 0) is 6.92 Å². The third kappa shape index (κ3) is 3.59. The van der Waals surface area contributed by atoms with Crippen molar-refractivity contribution in [1.29, 1.82) is 0 Å². The number of hydrogen-bond acceptors (Lipinski definition) is 2. The molecule has 0 bridgehead atoms. The summed E-state index contributed by atoms with van der Waals surface area (Å²) in [6.45, 7) is 12.1. The van der Waals surface area contributed by atoms with Gasteiger partial charge >= 0.3 is 0 Å². The molecule has 0 aromatic carbocycles. The van der Waals surface area contributed by atoms with Crippen LogP contribution in [0.5, 0.6) is 0 Å². The van der Waals surface area contributed by atoms with Gasteiger partial charge in [0.1, 0.15) is 12.4 Å². The van der Waals surface area contributed by atoms with Crippen LogP contribution in [-0.4, -0.2) is 37.5 Å². The Hall–Kier alpha value is -0.830. The van der Waals surface area contributed by atoms with Gasteiger partial charge in [0.2, 0.25) is 0 Å². The summed E-state index contributed by atoms with van der Waals surface area (Å²) in [5, 5.41) is 0. The predicted molar refractivity (Wildman–Crippen MR) is 57.0 cm³/mol. The van der Waals surface area contributed by atoms with E-state index in [9.17, 15) is 0 Å². The minimum Gasteiger partial charge on any atom is -0.372 e. The lowest BCUT2D eigenvalue weighted by Crippen LogP contribution is -2.40. The normalized spacial score (nSPS) is 19.4. The number of nitrogens with zero attached hydrogens (tertiary/aromatic N) is 2. The molecule has 13 heavy (non-hydrogen) atoms. The second kappa shape index (κ2) is 6.66. The van der Waals surface area contributed by atoms with Crippen molar-refractivity contribution in [2.45, 2.75) is 20.8 Å². The molecule has 76 valence electrons. The molecule has 0 aromatic rings. The highest BCUT2D eigenvalue weighted by molar-refractivity contribution is 5.85. The lowest BCUT2D eigenvalue weighted by Gasteiger charge is -2.29. The summed E-state index contributed by atoms with van der Waals surface area (Å²) in [4.78, 5) is 6.19. The van der Waals surface area contributed by atoms with E-state index in [1.54, 1.807) is 7.05 Å². The monoisotopic (exact) mass is 184 g/mol. The smallest absolute Gasteiger partial charge is 0.129 e. The van der Waals surface area contributed by atoms with Gasteiger partial charge in [-0.3, -0.25) is 4.99 Å². The van der Waals surface area contributed by atoms with E-state index in [0.29, 0.717) is 6.61 Å². The molecule has 1 saturated heterocycles. The molecule has 1 aliphatic rings. The molecule has 1 fully saturated rings. The number of amidine groups is 1. The Kier molecular flexibility index (Phi) is 6.24. The van der Waals surface area contributed by atoms with Crippen LogP contribution in [0.25, 0.3) is 0 Å². The van der Waals surface area contributed by atoms with E-state index in [1.807, 2.05) is 20.8 Å². The van der Waals surface area contributed by atoms with Crippen LogP contribution in [0.2, 0.25) is 0 Å². The van der Waals surface area contributed by atoms with Crippen molar-refractivity contribution in [3.8, 4) is 0 Å². The van der Waals surface area contributed by atoms with E-state index in [4.69, 9.17) is 4.74 Å². The molecule has 1 aliphatic heterocycles. The molecule has 1 rings (SSSR count). The van der Waals surface area contributed by atoms with Crippen LogP contribution in [0.3, 0.4) is 0 Å². The first-order valence-corrected chi connectivity index (χ1v) is 4.72. The highest BCUT2D eigenvalue weighted by Gasteiger charge is 2.15. The summed E-state index contributed by atoms with van der Waals surface area (Å²) in [6.07, 6.45) is 0. The van der Waals surface area contributed by atoms with Gasteiger partial charge in [0.05, 0.1) is 6.61 Å². The van der Waals surface area contributed by atoms with Gasteiger partial charge in [-0.1, -0.05) is 20.4 Å². The van der Waals surface area contributed by atoms with E-state index in [0.717, 1.165) is 24.7 Å². The maximum Gasteiger partial charge on any atom is 0.129 e. The maximum absolute atomic E-state index is 5.24. The number of allylic oxidation sites excluding steroid dienone is 1. The molecule has 0 atom stereocenters. The number of aliphatic imine (C=N–C) groups is 1. The SMILES string of the molecule is C=C(C)N1CCOCC1=NC.CC. The molecular formula is C10H20N2O. The van der Waals surface area contributed by atoms with Crippen molar-refractivity contribution >= 4 is 5.84 Å². The average Bonchev–Trinajstić information content (AvgIpc) is 2.20. The molecule has 3 heteroatoms. The largest absolute Gasteiger partial charge is 0.372 e. The molecule has 0 N–H and O–H groups in total. The fourth-order valence-electron chi connectivity index (χ4n) is 1.12. The first-order valence-electron chi connectivity index (χ1n) is 4.72. The molecule has 0 saturated carbocycles. The second-order valence-corrected chi connectivity index (χ2v) is 2.58. The van der Waals surface area contributed by atoms with E-state index < -0.39 is 0 Å². The molecule has 1 heterocycles. The molecule has 0 spiro atoms. The van der Waals surface area contributed by atoms with Crippen LogP contribution >= 0.6 is 0 Å². The minimum atomic E-state index is 0.614. The van der Waals surface area contributed by atoms with Crippen molar-refractivity contribution in [3.63, 3.8) is 0 Å². The highest BCUT2D eigenvalue weighted by atomic mass is 16.5. The lowest BCUT2D eigenvalue weighted by molar-refractivity contribution is 0.127. The Bertz CT molecular complexity index is 187. The summed E-state index contributed by atoms with van der Waals surface area (Å²) in [5.41, 5.74) is 1.04. The molecule has 0 unspecified atom stereocenters. The van der Waals surface area contributed by atoms with Crippen LogP contribution in [-0.2, 0) is 4.74 Å². The fourth-order valence-corrected chi connectivity index (χ4v) is 1.12. The summed E-state index contributed by atoms with van der Waals surface area (Å²) in [5.74, 6) is 0.976. The zero-order valence-electron chi connectivity index (χ0n) is 9.13. The van der Waals surface area contributed by atoms with Crippen molar-refractivity contribution in [2.75, 3.05) is 26.8 Å². The quantitative estimate of drug-likeness (QED) is 0.622. The Morgan fingerprint density at radius 2 is 2.15 bits per heavy atom. The topological polar surface area (TPSA) is 24.8 Å². The van der Waals surface area contributed by atoms with Gasteiger partial charge in [-0.25, -0.2) is 0 Å². The van der Waals surface area contributed by atoms with E-state index in [2.05, 4.69) is 16.5 Å². The average molecular weight is 184 g/mol. The molecule has 0 radical (unpaired) electrons. The van der Waals surface area contributed by atoms with Crippen molar-refractivity contribution in [1.82, 2.24) is 4.90 Å². The van der Waals surface area contributed by atoms with Crippen molar-refractivity contribution in [2.24, 2.45) is 4.99 Å². The van der Waals surface area contributed by atoms with Gasteiger partial charge in [-0.15, -0.1) is 0 Å². The van der Waals surface area contributed by atoms with Gasteiger partial charge < -0.3 is 9.64 Å². The summed E-state index contributed by atoms with van der Waals surface area (Å²) in [6, 6.07) is 0. The van der Waals surface area contributed by atoms with Crippen LogP contribution in [0.15, 0.2) is 17.3 Å². The molecule has 3 nitrogen and oxygen atoms in total. The summed E-state index contributed by atoms with van der Waals surface area (Å²) < 4.78 is 5.24. The Morgan fingerprint density at radius 1 is 1.54 bits per heavy atom. The standard InChI is InChI=1S/C8H14N2O.C2H6/c1-7(2)10-4-5-11-6-8(10)9-3;1-2/h1,4-6H2,2-3H3;1-2H3. The second-order valence-electron chi connectivity index (χ2n) is 2.58. The minimum absolute atomic E-state index is 0.614. The highest BCUT2D eigenvalue weighted by Crippen LogP contribution is 2.06. The number of ether oxygens (including phenoxy) is 1.